The zero-order valence-corrected chi connectivity index (χ0v) is 22.1. The maximum absolute atomic E-state index is 15.3. The number of halogens is 2. The Bertz CT molecular complexity index is 1140. The predicted molar refractivity (Wildman–Crippen MR) is 143 cm³/mol. The average molecular weight is 516 g/mol. The Labute approximate surface area is 218 Å². The molecule has 0 radical (unpaired) electrons. The van der Waals surface area contributed by atoms with Crippen LogP contribution in [0.3, 0.4) is 0 Å². The fraction of sp³-hybridized carbons (Fsp3) is 0.517. The van der Waals surface area contributed by atoms with Crippen molar-refractivity contribution in [3.63, 3.8) is 0 Å². The first kappa shape index (κ1) is 27.4. The number of H-pyrrole nitrogens is 1. The van der Waals surface area contributed by atoms with Crippen LogP contribution in [0.1, 0.15) is 37.6 Å². The van der Waals surface area contributed by atoms with E-state index in [9.17, 15) is 4.39 Å². The second-order valence-corrected chi connectivity index (χ2v) is 10.0. The molecule has 1 fully saturated rings. The number of aromatic amines is 1. The Kier molecular flexibility index (Phi) is 9.05. The third-order valence-corrected chi connectivity index (χ3v) is 7.14. The lowest BCUT2D eigenvalue weighted by atomic mass is 9.86. The summed E-state index contributed by atoms with van der Waals surface area (Å²) in [5.74, 6) is 1.33. The van der Waals surface area contributed by atoms with Gasteiger partial charge in [0.25, 0.3) is 0 Å². The summed E-state index contributed by atoms with van der Waals surface area (Å²) in [6, 6.07) is 8.09. The number of rotatable bonds is 13. The molecule has 8 heteroatoms. The molecule has 0 saturated carbocycles. The van der Waals surface area contributed by atoms with Crippen molar-refractivity contribution >= 4 is 10.9 Å². The highest BCUT2D eigenvalue weighted by Crippen LogP contribution is 2.43. The van der Waals surface area contributed by atoms with Crippen molar-refractivity contribution in [2.24, 2.45) is 0 Å². The highest BCUT2D eigenvalue weighted by atomic mass is 19.1. The SMILES string of the molecule is C=C(/C(=C\C=C(/C)OCCNCCCF)OC)[C@@H]1c2[nH]c3ccccc3c2C[C@@H](C)N1CC1(F)COC1. The molecule has 1 aromatic carbocycles. The second kappa shape index (κ2) is 12.2. The summed E-state index contributed by atoms with van der Waals surface area (Å²) < 4.78 is 44.3. The van der Waals surface area contributed by atoms with Gasteiger partial charge in [-0.2, -0.15) is 0 Å². The maximum Gasteiger partial charge on any atom is 0.169 e. The maximum atomic E-state index is 15.3. The summed E-state index contributed by atoms with van der Waals surface area (Å²) in [6.45, 7) is 10.4. The molecule has 4 rings (SSSR count). The van der Waals surface area contributed by atoms with E-state index in [0.29, 0.717) is 31.9 Å². The van der Waals surface area contributed by atoms with Gasteiger partial charge in [0.1, 0.15) is 12.4 Å². The van der Waals surface area contributed by atoms with Crippen LogP contribution in [0.15, 0.2) is 60.1 Å². The normalized spacial score (nSPS) is 22.0. The molecule has 202 valence electrons. The largest absolute Gasteiger partial charge is 0.497 e. The number of nitrogens with zero attached hydrogens (tertiary/aromatic N) is 1. The zero-order valence-electron chi connectivity index (χ0n) is 22.1. The van der Waals surface area contributed by atoms with E-state index in [1.165, 1.54) is 10.9 Å². The lowest BCUT2D eigenvalue weighted by molar-refractivity contribution is -0.148. The van der Waals surface area contributed by atoms with Crippen LogP contribution in [0.25, 0.3) is 10.9 Å². The van der Waals surface area contributed by atoms with Crippen LogP contribution >= 0.6 is 0 Å². The van der Waals surface area contributed by atoms with E-state index >= 15 is 4.39 Å². The number of aromatic nitrogens is 1. The summed E-state index contributed by atoms with van der Waals surface area (Å²) in [7, 11) is 1.62. The number of para-hydroxylation sites is 1. The third-order valence-electron chi connectivity index (χ3n) is 7.14. The molecule has 2 N–H and O–H groups in total. The minimum Gasteiger partial charge on any atom is -0.497 e. The molecule has 0 bridgehead atoms. The smallest absolute Gasteiger partial charge is 0.169 e. The Morgan fingerprint density at radius 2 is 2.08 bits per heavy atom. The topological polar surface area (TPSA) is 58.8 Å². The number of hydrogen-bond acceptors (Lipinski definition) is 5. The molecule has 3 heterocycles. The summed E-state index contributed by atoms with van der Waals surface area (Å²) in [6.07, 6.45) is 5.02. The van der Waals surface area contributed by atoms with Crippen LogP contribution in [-0.2, 0) is 20.6 Å². The number of allylic oxidation sites excluding steroid dienone is 3. The summed E-state index contributed by atoms with van der Waals surface area (Å²) in [5, 5.41) is 4.33. The number of hydrogen-bond donors (Lipinski definition) is 2. The minimum absolute atomic E-state index is 0.102. The molecule has 0 aliphatic carbocycles. The van der Waals surface area contributed by atoms with Crippen molar-refractivity contribution in [3.8, 4) is 0 Å². The lowest BCUT2D eigenvalue weighted by Crippen LogP contribution is -2.57. The van der Waals surface area contributed by atoms with Crippen LogP contribution in [0.4, 0.5) is 8.78 Å². The van der Waals surface area contributed by atoms with E-state index in [1.807, 2.05) is 31.2 Å². The minimum atomic E-state index is -1.37. The quantitative estimate of drug-likeness (QED) is 0.220. The van der Waals surface area contributed by atoms with Crippen molar-refractivity contribution in [2.45, 2.75) is 44.4 Å². The molecule has 0 amide bonds. The molecule has 0 spiro atoms. The van der Waals surface area contributed by atoms with Gasteiger partial charge in [-0.15, -0.1) is 0 Å². The van der Waals surface area contributed by atoms with Gasteiger partial charge in [0.15, 0.2) is 5.67 Å². The number of nitrogens with one attached hydrogen (secondary N) is 2. The van der Waals surface area contributed by atoms with Crippen molar-refractivity contribution in [3.05, 3.63) is 71.3 Å². The zero-order chi connectivity index (χ0) is 26.4. The number of methoxy groups -OCH3 is 1. The van der Waals surface area contributed by atoms with Crippen molar-refractivity contribution < 1.29 is 23.0 Å². The highest BCUT2D eigenvalue weighted by molar-refractivity contribution is 5.85. The van der Waals surface area contributed by atoms with Crippen LogP contribution in [0, 0.1) is 0 Å². The number of alkyl halides is 2. The molecule has 1 saturated heterocycles. The van der Waals surface area contributed by atoms with Gasteiger partial charge in [-0.05, 0) is 57.0 Å². The second-order valence-electron chi connectivity index (χ2n) is 10.0. The van der Waals surface area contributed by atoms with Gasteiger partial charge in [-0.3, -0.25) is 9.29 Å². The molecule has 6 nitrogen and oxygen atoms in total. The standard InChI is InChI=1S/C29H39F2N3O3/c1-20-16-24-23-8-5-6-9-25(23)33-27(24)28(34(20)17-29(31)18-36-19-29)22(3)26(35-4)11-10-21(2)37-15-14-32-13-7-12-30/h5-6,8-11,20,28,32-33H,3,7,12-19H2,1-2,4H3/b21-10+,26-11+/t20-,28-/m1/s1. The first-order valence-corrected chi connectivity index (χ1v) is 13.0. The third kappa shape index (κ3) is 6.25. The van der Waals surface area contributed by atoms with Gasteiger partial charge in [0, 0.05) is 41.3 Å². The first-order valence-electron chi connectivity index (χ1n) is 13.0. The Balaban J connectivity index is 1.58. The summed E-state index contributed by atoms with van der Waals surface area (Å²) in [4.78, 5) is 5.79. The van der Waals surface area contributed by atoms with E-state index in [4.69, 9.17) is 14.2 Å². The fourth-order valence-corrected chi connectivity index (χ4v) is 5.15. The molecule has 0 unspecified atom stereocenters. The van der Waals surface area contributed by atoms with Gasteiger partial charge < -0.3 is 24.5 Å². The molecule has 1 aromatic heterocycles. The monoisotopic (exact) mass is 515 g/mol. The molecular formula is C29H39F2N3O3. The van der Waals surface area contributed by atoms with Gasteiger partial charge in [0.05, 0.1) is 38.8 Å². The molecular weight excluding hydrogens is 476 g/mol. The van der Waals surface area contributed by atoms with E-state index in [2.05, 4.69) is 40.8 Å². The highest BCUT2D eigenvalue weighted by Gasteiger charge is 2.46. The van der Waals surface area contributed by atoms with E-state index < -0.39 is 5.67 Å². The molecule has 2 aliphatic rings. The molecule has 2 aromatic rings. The van der Waals surface area contributed by atoms with Crippen LogP contribution in [0.2, 0.25) is 0 Å². The fourth-order valence-electron chi connectivity index (χ4n) is 5.15. The predicted octanol–water partition coefficient (Wildman–Crippen LogP) is 5.15. The first-order chi connectivity index (χ1) is 17.9. The lowest BCUT2D eigenvalue weighted by Gasteiger charge is -2.46. The van der Waals surface area contributed by atoms with E-state index in [1.54, 1.807) is 7.11 Å². The van der Waals surface area contributed by atoms with Crippen molar-refractivity contribution in [1.29, 1.82) is 0 Å². The Morgan fingerprint density at radius 1 is 1.30 bits per heavy atom. The number of ether oxygens (including phenoxy) is 3. The van der Waals surface area contributed by atoms with Gasteiger partial charge in [-0.25, -0.2) is 4.39 Å². The van der Waals surface area contributed by atoms with Gasteiger partial charge in [-0.1, -0.05) is 24.8 Å². The number of benzene rings is 1. The van der Waals surface area contributed by atoms with E-state index in [-0.39, 0.29) is 38.5 Å². The van der Waals surface area contributed by atoms with Crippen LogP contribution in [0.5, 0.6) is 0 Å². The average Bonchev–Trinajstić information content (AvgIpc) is 3.23. The van der Waals surface area contributed by atoms with E-state index in [0.717, 1.165) is 29.0 Å². The van der Waals surface area contributed by atoms with Crippen molar-refractivity contribution in [2.75, 3.05) is 53.2 Å². The van der Waals surface area contributed by atoms with Crippen LogP contribution in [-0.4, -0.2) is 74.8 Å². The van der Waals surface area contributed by atoms with Crippen molar-refractivity contribution in [1.82, 2.24) is 15.2 Å². The number of fused-ring (bicyclic) bond motifs is 3. The summed E-state index contributed by atoms with van der Waals surface area (Å²) in [5.41, 5.74) is 2.73. The Hall–Kier alpha value is -2.68. The molecule has 2 atom stereocenters. The Morgan fingerprint density at radius 3 is 2.78 bits per heavy atom. The van der Waals surface area contributed by atoms with Gasteiger partial charge in [0.2, 0.25) is 0 Å². The van der Waals surface area contributed by atoms with Crippen LogP contribution < -0.4 is 5.32 Å². The molecule has 37 heavy (non-hydrogen) atoms. The van der Waals surface area contributed by atoms with Gasteiger partial charge >= 0.3 is 0 Å². The summed E-state index contributed by atoms with van der Waals surface area (Å²) >= 11 is 0. The molecule has 2 aliphatic heterocycles.